The maximum atomic E-state index is 11.9. The quantitative estimate of drug-likeness (QED) is 0.767. The largest absolute Gasteiger partial charge is 0.383 e. The van der Waals surface area contributed by atoms with E-state index in [4.69, 9.17) is 11.2 Å². The van der Waals surface area contributed by atoms with Gasteiger partial charge in [0.1, 0.15) is 11.5 Å². The van der Waals surface area contributed by atoms with Crippen LogP contribution in [0.15, 0.2) is 29.3 Å². The van der Waals surface area contributed by atoms with Gasteiger partial charge in [-0.15, -0.1) is 6.42 Å². The zero-order valence-electron chi connectivity index (χ0n) is 11.0. The Morgan fingerprint density at radius 1 is 1.53 bits per heavy atom. The van der Waals surface area contributed by atoms with Gasteiger partial charge in [0.15, 0.2) is 0 Å². The van der Waals surface area contributed by atoms with Crippen LogP contribution in [0, 0.1) is 19.3 Å². The minimum Gasteiger partial charge on any atom is -0.383 e. The molecule has 98 valence electrons. The van der Waals surface area contributed by atoms with Crippen molar-refractivity contribution in [3.8, 4) is 18.0 Å². The second kappa shape index (κ2) is 5.55. The van der Waals surface area contributed by atoms with Gasteiger partial charge in [-0.25, -0.2) is 4.98 Å². The zero-order chi connectivity index (χ0) is 13.8. The number of methoxy groups -OCH3 is 1. The average molecular weight is 257 g/mol. The van der Waals surface area contributed by atoms with Crippen molar-refractivity contribution < 1.29 is 4.74 Å². The van der Waals surface area contributed by atoms with Crippen molar-refractivity contribution in [2.75, 3.05) is 13.7 Å². The standard InChI is InChI=1S/C14H15N3O2/c1-4-12-10-17(11(2)15-12)13-5-6-16(7-8-19-3)14(18)9-13/h1,5-6,9-10H,7-8H2,2-3H3. The third-order valence-corrected chi connectivity index (χ3v) is 2.82. The van der Waals surface area contributed by atoms with E-state index in [2.05, 4.69) is 10.9 Å². The molecular formula is C14H15N3O2. The fourth-order valence-electron chi connectivity index (χ4n) is 1.83. The molecule has 0 amide bonds. The van der Waals surface area contributed by atoms with Gasteiger partial charge < -0.3 is 13.9 Å². The Bertz CT molecular complexity index is 677. The molecule has 0 N–H and O–H groups in total. The highest BCUT2D eigenvalue weighted by Crippen LogP contribution is 2.09. The van der Waals surface area contributed by atoms with Gasteiger partial charge in [0, 0.05) is 32.1 Å². The van der Waals surface area contributed by atoms with Crippen LogP contribution in [-0.4, -0.2) is 27.8 Å². The van der Waals surface area contributed by atoms with Crippen LogP contribution in [-0.2, 0) is 11.3 Å². The monoisotopic (exact) mass is 257 g/mol. The molecule has 0 fully saturated rings. The topological polar surface area (TPSA) is 49.0 Å². The van der Waals surface area contributed by atoms with E-state index in [-0.39, 0.29) is 5.56 Å². The van der Waals surface area contributed by atoms with Gasteiger partial charge in [-0.1, -0.05) is 0 Å². The number of aromatic nitrogens is 3. The molecule has 0 saturated carbocycles. The Hall–Kier alpha value is -2.32. The summed E-state index contributed by atoms with van der Waals surface area (Å²) in [7, 11) is 1.61. The first-order chi connectivity index (χ1) is 9.15. The van der Waals surface area contributed by atoms with Crippen LogP contribution in [0.3, 0.4) is 0 Å². The fraction of sp³-hybridized carbons (Fsp3) is 0.286. The van der Waals surface area contributed by atoms with Gasteiger partial charge in [-0.3, -0.25) is 4.79 Å². The lowest BCUT2D eigenvalue weighted by Gasteiger charge is -2.08. The van der Waals surface area contributed by atoms with Crippen molar-refractivity contribution in [3.05, 3.63) is 46.4 Å². The van der Waals surface area contributed by atoms with Crippen LogP contribution >= 0.6 is 0 Å². The minimum atomic E-state index is -0.0788. The van der Waals surface area contributed by atoms with E-state index in [1.807, 2.05) is 13.0 Å². The lowest BCUT2D eigenvalue weighted by atomic mass is 10.3. The van der Waals surface area contributed by atoms with Crippen LogP contribution in [0.5, 0.6) is 0 Å². The van der Waals surface area contributed by atoms with Crippen molar-refractivity contribution in [2.45, 2.75) is 13.5 Å². The summed E-state index contributed by atoms with van der Waals surface area (Å²) in [5.41, 5.74) is 1.23. The number of terminal acetylenes is 1. The number of nitrogens with zero attached hydrogens (tertiary/aromatic N) is 3. The first-order valence-electron chi connectivity index (χ1n) is 5.88. The second-order valence-electron chi connectivity index (χ2n) is 4.10. The molecule has 0 atom stereocenters. The lowest BCUT2D eigenvalue weighted by molar-refractivity contribution is 0.186. The summed E-state index contributed by atoms with van der Waals surface area (Å²) in [6.07, 6.45) is 8.79. The van der Waals surface area contributed by atoms with Crippen LogP contribution < -0.4 is 5.56 Å². The highest BCUT2D eigenvalue weighted by atomic mass is 16.5. The summed E-state index contributed by atoms with van der Waals surface area (Å²) < 4.78 is 8.36. The smallest absolute Gasteiger partial charge is 0.252 e. The highest BCUT2D eigenvalue weighted by Gasteiger charge is 2.06. The first kappa shape index (κ1) is 13.1. The zero-order valence-corrected chi connectivity index (χ0v) is 11.0. The summed E-state index contributed by atoms with van der Waals surface area (Å²) in [5.74, 6) is 3.23. The normalized spacial score (nSPS) is 10.4. The maximum Gasteiger partial charge on any atom is 0.252 e. The van der Waals surface area contributed by atoms with Gasteiger partial charge in [-0.05, 0) is 18.9 Å². The van der Waals surface area contributed by atoms with Crippen molar-refractivity contribution in [1.82, 2.24) is 14.1 Å². The molecule has 0 bridgehead atoms. The molecular weight excluding hydrogens is 242 g/mol. The average Bonchev–Trinajstić information content (AvgIpc) is 2.78. The molecule has 0 saturated heterocycles. The first-order valence-corrected chi connectivity index (χ1v) is 5.88. The number of imidazole rings is 1. The SMILES string of the molecule is C#Cc1cn(-c2ccn(CCOC)c(=O)c2)c(C)n1. The van der Waals surface area contributed by atoms with Crippen molar-refractivity contribution >= 4 is 0 Å². The van der Waals surface area contributed by atoms with Gasteiger partial charge in [0.2, 0.25) is 0 Å². The maximum absolute atomic E-state index is 11.9. The Kier molecular flexibility index (Phi) is 3.83. The molecule has 0 aliphatic heterocycles. The number of aryl methyl sites for hydroxylation is 1. The van der Waals surface area contributed by atoms with E-state index in [0.717, 1.165) is 11.5 Å². The summed E-state index contributed by atoms with van der Waals surface area (Å²) in [5, 5.41) is 0. The van der Waals surface area contributed by atoms with Crippen LogP contribution in [0.2, 0.25) is 0 Å². The highest BCUT2D eigenvalue weighted by molar-refractivity contribution is 5.35. The van der Waals surface area contributed by atoms with E-state index in [1.54, 1.807) is 34.7 Å². The Morgan fingerprint density at radius 3 is 2.89 bits per heavy atom. The Morgan fingerprint density at radius 2 is 2.32 bits per heavy atom. The van der Waals surface area contributed by atoms with Crippen molar-refractivity contribution in [3.63, 3.8) is 0 Å². The van der Waals surface area contributed by atoms with E-state index in [1.165, 1.54) is 0 Å². The molecule has 19 heavy (non-hydrogen) atoms. The number of pyridine rings is 1. The molecule has 2 heterocycles. The lowest BCUT2D eigenvalue weighted by Crippen LogP contribution is -2.21. The Labute approximate surface area is 111 Å². The second-order valence-corrected chi connectivity index (χ2v) is 4.10. The molecule has 2 aromatic rings. The van der Waals surface area contributed by atoms with Crippen LogP contribution in [0.1, 0.15) is 11.5 Å². The molecule has 0 radical (unpaired) electrons. The molecule has 0 aliphatic rings. The van der Waals surface area contributed by atoms with Crippen LogP contribution in [0.25, 0.3) is 5.69 Å². The van der Waals surface area contributed by atoms with Crippen molar-refractivity contribution in [2.24, 2.45) is 0 Å². The molecule has 0 aliphatic carbocycles. The van der Waals surface area contributed by atoms with Gasteiger partial charge in [-0.2, -0.15) is 0 Å². The molecule has 5 nitrogen and oxygen atoms in total. The van der Waals surface area contributed by atoms with E-state index >= 15 is 0 Å². The summed E-state index contributed by atoms with van der Waals surface area (Å²) in [6, 6.07) is 3.41. The number of rotatable bonds is 4. The summed E-state index contributed by atoms with van der Waals surface area (Å²) in [6.45, 7) is 2.88. The predicted molar refractivity (Wildman–Crippen MR) is 72.4 cm³/mol. The van der Waals surface area contributed by atoms with Crippen molar-refractivity contribution in [1.29, 1.82) is 0 Å². The summed E-state index contributed by atoms with van der Waals surface area (Å²) >= 11 is 0. The molecule has 0 aromatic carbocycles. The van der Waals surface area contributed by atoms with E-state index < -0.39 is 0 Å². The summed E-state index contributed by atoms with van der Waals surface area (Å²) in [4.78, 5) is 16.1. The number of hydrogen-bond donors (Lipinski definition) is 0. The van der Waals surface area contributed by atoms with Gasteiger partial charge in [0.25, 0.3) is 5.56 Å². The predicted octanol–water partition coefficient (Wildman–Crippen LogP) is 0.970. The Balaban J connectivity index is 2.36. The van der Waals surface area contributed by atoms with Gasteiger partial charge in [0.05, 0.1) is 12.3 Å². The third kappa shape index (κ3) is 2.75. The molecule has 5 heteroatoms. The van der Waals surface area contributed by atoms with Gasteiger partial charge >= 0.3 is 0 Å². The molecule has 0 spiro atoms. The fourth-order valence-corrected chi connectivity index (χ4v) is 1.83. The van der Waals surface area contributed by atoms with E-state index in [9.17, 15) is 4.79 Å². The minimum absolute atomic E-state index is 0.0788. The third-order valence-electron chi connectivity index (χ3n) is 2.82. The number of hydrogen-bond acceptors (Lipinski definition) is 3. The molecule has 0 unspecified atom stereocenters. The number of ether oxygens (including phenoxy) is 1. The van der Waals surface area contributed by atoms with E-state index in [0.29, 0.717) is 18.8 Å². The molecule has 2 rings (SSSR count). The van der Waals surface area contributed by atoms with Crippen LogP contribution in [0.4, 0.5) is 0 Å². The molecule has 2 aromatic heterocycles.